The van der Waals surface area contributed by atoms with E-state index >= 15 is 0 Å². The summed E-state index contributed by atoms with van der Waals surface area (Å²) in [6.07, 6.45) is 0. The van der Waals surface area contributed by atoms with Crippen LogP contribution in [-0.4, -0.2) is 56.1 Å². The fourth-order valence-electron chi connectivity index (χ4n) is 2.49. The lowest BCUT2D eigenvalue weighted by Crippen LogP contribution is -2.32. The molecule has 0 radical (unpaired) electrons. The average molecular weight is 233 g/mol. The molecular formula is C14H23N3. The summed E-state index contributed by atoms with van der Waals surface area (Å²) in [5.74, 6) is 0.498. The van der Waals surface area contributed by atoms with Crippen LogP contribution >= 0.6 is 0 Å². The molecule has 2 N–H and O–H groups in total. The second-order valence-electron chi connectivity index (χ2n) is 5.24. The number of likely N-dealkylation sites (N-methyl/N-ethyl adjacent to an activating group) is 1. The lowest BCUT2D eigenvalue weighted by molar-refractivity contribution is 0.279. The first-order valence-electron chi connectivity index (χ1n) is 6.34. The topological polar surface area (TPSA) is 32.5 Å². The Morgan fingerprint density at radius 3 is 2.59 bits per heavy atom. The Bertz CT molecular complexity index is 337. The molecule has 1 aliphatic rings. The monoisotopic (exact) mass is 233 g/mol. The molecule has 0 spiro atoms. The summed E-state index contributed by atoms with van der Waals surface area (Å²) in [6.45, 7) is 4.34. The van der Waals surface area contributed by atoms with Gasteiger partial charge in [-0.05, 0) is 19.7 Å². The third-order valence-electron chi connectivity index (χ3n) is 3.53. The van der Waals surface area contributed by atoms with Crippen molar-refractivity contribution < 1.29 is 0 Å². The largest absolute Gasteiger partial charge is 0.326 e. The summed E-state index contributed by atoms with van der Waals surface area (Å²) in [6, 6.07) is 10.9. The van der Waals surface area contributed by atoms with Crippen molar-refractivity contribution in [2.45, 2.75) is 12.0 Å². The van der Waals surface area contributed by atoms with E-state index in [1.54, 1.807) is 0 Å². The lowest BCUT2D eigenvalue weighted by Gasteiger charge is -2.18. The van der Waals surface area contributed by atoms with E-state index in [1.807, 2.05) is 0 Å². The fraction of sp³-hybridized carbons (Fsp3) is 0.571. The molecule has 0 aromatic heterocycles. The van der Waals surface area contributed by atoms with E-state index < -0.39 is 0 Å². The minimum atomic E-state index is 0.277. The normalized spacial score (nSPS) is 25.6. The predicted octanol–water partition coefficient (Wildman–Crippen LogP) is 0.975. The van der Waals surface area contributed by atoms with E-state index in [0.29, 0.717) is 5.92 Å². The minimum absolute atomic E-state index is 0.277. The molecular weight excluding hydrogens is 210 g/mol. The van der Waals surface area contributed by atoms with Crippen LogP contribution in [0.3, 0.4) is 0 Å². The van der Waals surface area contributed by atoms with Crippen molar-refractivity contribution in [3.05, 3.63) is 35.9 Å². The van der Waals surface area contributed by atoms with E-state index in [2.05, 4.69) is 54.2 Å². The molecule has 94 valence electrons. The number of hydrogen-bond acceptors (Lipinski definition) is 3. The number of nitrogens with two attached hydrogens (primary N) is 1. The zero-order valence-corrected chi connectivity index (χ0v) is 10.8. The molecule has 1 heterocycles. The number of rotatable bonds is 4. The highest BCUT2D eigenvalue weighted by Crippen LogP contribution is 2.25. The molecule has 0 saturated carbocycles. The van der Waals surface area contributed by atoms with Crippen molar-refractivity contribution in [3.8, 4) is 0 Å². The van der Waals surface area contributed by atoms with Gasteiger partial charge in [-0.25, -0.2) is 0 Å². The van der Waals surface area contributed by atoms with Gasteiger partial charge < -0.3 is 10.6 Å². The molecule has 3 heteroatoms. The molecule has 1 aliphatic heterocycles. The number of hydrogen-bond donors (Lipinski definition) is 1. The maximum Gasteiger partial charge on any atom is 0.0249 e. The molecule has 0 aliphatic carbocycles. The van der Waals surface area contributed by atoms with Crippen LogP contribution in [-0.2, 0) is 0 Å². The molecule has 2 rings (SSSR count). The van der Waals surface area contributed by atoms with Crippen LogP contribution < -0.4 is 5.73 Å². The molecule has 3 nitrogen and oxygen atoms in total. The molecule has 1 aromatic carbocycles. The molecule has 1 saturated heterocycles. The molecule has 0 unspecified atom stereocenters. The maximum atomic E-state index is 6.25. The fourth-order valence-corrected chi connectivity index (χ4v) is 2.49. The van der Waals surface area contributed by atoms with Gasteiger partial charge in [-0.15, -0.1) is 0 Å². The lowest BCUT2D eigenvalue weighted by atomic mass is 9.95. The second-order valence-corrected chi connectivity index (χ2v) is 5.24. The van der Waals surface area contributed by atoms with Gasteiger partial charge in [0, 0.05) is 38.1 Å². The van der Waals surface area contributed by atoms with Crippen LogP contribution in [0.4, 0.5) is 0 Å². The quantitative estimate of drug-likeness (QED) is 0.841. The summed E-state index contributed by atoms with van der Waals surface area (Å²) in [7, 11) is 4.23. The zero-order valence-electron chi connectivity index (χ0n) is 10.8. The van der Waals surface area contributed by atoms with Crippen molar-refractivity contribution in [2.24, 2.45) is 5.73 Å². The molecule has 0 amide bonds. The summed E-state index contributed by atoms with van der Waals surface area (Å²) in [5, 5.41) is 0. The Hall–Kier alpha value is -0.900. The number of likely N-dealkylation sites (tertiary alicyclic amines) is 1. The Morgan fingerprint density at radius 1 is 1.24 bits per heavy atom. The van der Waals surface area contributed by atoms with Gasteiger partial charge in [0.1, 0.15) is 0 Å². The summed E-state index contributed by atoms with van der Waals surface area (Å²) < 4.78 is 0. The van der Waals surface area contributed by atoms with Crippen molar-refractivity contribution in [2.75, 3.05) is 40.3 Å². The molecule has 2 atom stereocenters. The van der Waals surface area contributed by atoms with Gasteiger partial charge in [-0.1, -0.05) is 30.3 Å². The SMILES string of the molecule is CN(C)CCN1C[C@@H](N)[C@H](c2ccccc2)C1. The van der Waals surface area contributed by atoms with E-state index in [1.165, 1.54) is 5.56 Å². The third kappa shape index (κ3) is 3.28. The smallest absolute Gasteiger partial charge is 0.0249 e. The van der Waals surface area contributed by atoms with Crippen molar-refractivity contribution in [1.29, 1.82) is 0 Å². The Morgan fingerprint density at radius 2 is 1.94 bits per heavy atom. The Labute approximate surface area is 104 Å². The predicted molar refractivity (Wildman–Crippen MR) is 72.2 cm³/mol. The first-order chi connectivity index (χ1) is 8.16. The summed E-state index contributed by atoms with van der Waals surface area (Å²) >= 11 is 0. The molecule has 1 aromatic rings. The van der Waals surface area contributed by atoms with Gasteiger partial charge in [-0.3, -0.25) is 4.90 Å². The first-order valence-corrected chi connectivity index (χ1v) is 6.34. The second kappa shape index (κ2) is 5.63. The van der Waals surface area contributed by atoms with Crippen LogP contribution in [0.1, 0.15) is 11.5 Å². The Balaban J connectivity index is 1.94. The van der Waals surface area contributed by atoms with Crippen LogP contribution in [0.5, 0.6) is 0 Å². The van der Waals surface area contributed by atoms with Gasteiger partial charge in [0.2, 0.25) is 0 Å². The summed E-state index contributed by atoms with van der Waals surface area (Å²) in [5.41, 5.74) is 7.63. The number of nitrogens with zero attached hydrogens (tertiary/aromatic N) is 2. The van der Waals surface area contributed by atoms with Gasteiger partial charge in [0.05, 0.1) is 0 Å². The minimum Gasteiger partial charge on any atom is -0.326 e. The van der Waals surface area contributed by atoms with Crippen LogP contribution in [0.25, 0.3) is 0 Å². The van der Waals surface area contributed by atoms with E-state index in [-0.39, 0.29) is 6.04 Å². The van der Waals surface area contributed by atoms with Crippen molar-refractivity contribution >= 4 is 0 Å². The third-order valence-corrected chi connectivity index (χ3v) is 3.53. The molecule has 1 fully saturated rings. The van der Waals surface area contributed by atoms with Gasteiger partial charge in [0.25, 0.3) is 0 Å². The number of benzene rings is 1. The molecule has 0 bridgehead atoms. The van der Waals surface area contributed by atoms with E-state index in [4.69, 9.17) is 5.73 Å². The highest BCUT2D eigenvalue weighted by Gasteiger charge is 2.30. The van der Waals surface area contributed by atoms with E-state index in [9.17, 15) is 0 Å². The molecule has 17 heavy (non-hydrogen) atoms. The zero-order chi connectivity index (χ0) is 12.3. The summed E-state index contributed by atoms with van der Waals surface area (Å²) in [4.78, 5) is 4.70. The van der Waals surface area contributed by atoms with Crippen molar-refractivity contribution in [1.82, 2.24) is 9.80 Å². The van der Waals surface area contributed by atoms with Crippen LogP contribution in [0, 0.1) is 0 Å². The van der Waals surface area contributed by atoms with Gasteiger partial charge >= 0.3 is 0 Å². The van der Waals surface area contributed by atoms with Gasteiger partial charge in [-0.2, -0.15) is 0 Å². The van der Waals surface area contributed by atoms with Crippen LogP contribution in [0.15, 0.2) is 30.3 Å². The van der Waals surface area contributed by atoms with E-state index in [0.717, 1.165) is 26.2 Å². The van der Waals surface area contributed by atoms with Crippen molar-refractivity contribution in [3.63, 3.8) is 0 Å². The Kier molecular flexibility index (Phi) is 4.15. The highest BCUT2D eigenvalue weighted by atomic mass is 15.2. The maximum absolute atomic E-state index is 6.25. The average Bonchev–Trinajstić information content (AvgIpc) is 2.69. The highest BCUT2D eigenvalue weighted by molar-refractivity contribution is 5.23. The standard InChI is InChI=1S/C14H23N3/c1-16(2)8-9-17-10-13(14(15)11-17)12-6-4-3-5-7-12/h3-7,13-14H,8-11,15H2,1-2H3/t13-,14+/m0/s1. The van der Waals surface area contributed by atoms with Gasteiger partial charge in [0.15, 0.2) is 0 Å². The first kappa shape index (κ1) is 12.6. The van der Waals surface area contributed by atoms with Crippen LogP contribution in [0.2, 0.25) is 0 Å².